The predicted octanol–water partition coefficient (Wildman–Crippen LogP) is 4.41. The Bertz CT molecular complexity index is 753. The van der Waals surface area contributed by atoms with Gasteiger partial charge in [0.25, 0.3) is 5.91 Å². The van der Waals surface area contributed by atoms with E-state index in [0.29, 0.717) is 22.9 Å². The van der Waals surface area contributed by atoms with Gasteiger partial charge in [-0.25, -0.2) is 9.07 Å². The Hall–Kier alpha value is -2.24. The zero-order valence-corrected chi connectivity index (χ0v) is 14.7. The molecule has 1 aromatic heterocycles. The van der Waals surface area contributed by atoms with Crippen LogP contribution in [0.5, 0.6) is 0 Å². The third-order valence-corrected chi connectivity index (χ3v) is 4.00. The van der Waals surface area contributed by atoms with Gasteiger partial charge >= 0.3 is 0 Å². The largest absolute Gasteiger partial charge is 0.322 e. The van der Waals surface area contributed by atoms with Crippen molar-refractivity contribution >= 4 is 11.6 Å². The van der Waals surface area contributed by atoms with Crippen molar-refractivity contribution in [2.75, 3.05) is 5.32 Å². The Morgan fingerprint density at radius 1 is 1.29 bits per heavy atom. The molecule has 1 unspecified atom stereocenters. The summed E-state index contributed by atoms with van der Waals surface area (Å²) in [6.07, 6.45) is 0.854. The van der Waals surface area contributed by atoms with Crippen molar-refractivity contribution in [1.82, 2.24) is 9.78 Å². The van der Waals surface area contributed by atoms with Gasteiger partial charge in [-0.2, -0.15) is 9.49 Å². The molecule has 0 bridgehead atoms. The summed E-state index contributed by atoms with van der Waals surface area (Å²) in [5, 5.41) is 6.61. The Labute approximate surface area is 140 Å². The van der Waals surface area contributed by atoms with Gasteiger partial charge in [0.1, 0.15) is 11.4 Å². The third kappa shape index (κ3) is 3.80. The number of benzene rings is 1. The van der Waals surface area contributed by atoms with E-state index in [1.165, 1.54) is 25.2 Å². The quantitative estimate of drug-likeness (QED) is 0.880. The van der Waals surface area contributed by atoms with Gasteiger partial charge in [0.15, 0.2) is 0 Å². The normalized spacial score (nSPS) is 12.5. The molecule has 1 N–H and O–H groups in total. The number of amides is 1. The summed E-state index contributed by atoms with van der Waals surface area (Å²) in [6, 6.07) is 4.23. The average molecular weight is 335 g/mol. The summed E-state index contributed by atoms with van der Waals surface area (Å²) < 4.78 is 28.7. The fourth-order valence-electron chi connectivity index (χ4n) is 2.96. The van der Waals surface area contributed by atoms with Crippen LogP contribution in [-0.4, -0.2) is 15.7 Å². The van der Waals surface area contributed by atoms with Gasteiger partial charge < -0.3 is 5.32 Å². The third-order valence-electron chi connectivity index (χ3n) is 4.00. The molecule has 1 amide bonds. The van der Waals surface area contributed by atoms with E-state index < -0.39 is 11.9 Å². The van der Waals surface area contributed by atoms with Crippen LogP contribution in [0.3, 0.4) is 0 Å². The van der Waals surface area contributed by atoms with E-state index >= 15 is 0 Å². The first-order valence-corrected chi connectivity index (χ1v) is 8.00. The molecule has 0 aliphatic heterocycles. The van der Waals surface area contributed by atoms with E-state index in [1.54, 1.807) is 6.92 Å². The molecule has 0 saturated heterocycles. The lowest BCUT2D eigenvalue weighted by molar-refractivity contribution is 0.102. The molecule has 130 valence electrons. The van der Waals surface area contributed by atoms with Crippen LogP contribution < -0.4 is 5.32 Å². The Kier molecular flexibility index (Phi) is 5.36. The van der Waals surface area contributed by atoms with Crippen molar-refractivity contribution in [1.29, 1.82) is 0 Å². The summed E-state index contributed by atoms with van der Waals surface area (Å²) in [5.41, 5.74) is 1.42. The summed E-state index contributed by atoms with van der Waals surface area (Å²) in [5.74, 6) is -1.13. The molecule has 6 heteroatoms. The van der Waals surface area contributed by atoms with Crippen LogP contribution in [-0.2, 0) is 7.05 Å². The molecule has 24 heavy (non-hydrogen) atoms. The molecule has 4 nitrogen and oxygen atoms in total. The molecule has 1 atom stereocenters. The minimum absolute atomic E-state index is 0.0656. The summed E-state index contributed by atoms with van der Waals surface area (Å²) >= 11 is 0. The number of rotatable bonds is 5. The van der Waals surface area contributed by atoms with Crippen LogP contribution in [0.25, 0.3) is 0 Å². The average Bonchev–Trinajstić information content (AvgIpc) is 2.73. The van der Waals surface area contributed by atoms with E-state index in [9.17, 15) is 13.6 Å². The lowest BCUT2D eigenvalue weighted by atomic mass is 9.90. The molecule has 0 fully saturated rings. The maximum Gasteiger partial charge on any atom is 0.262 e. The molecule has 0 aliphatic carbocycles. The molecular weight excluding hydrogens is 312 g/mol. The zero-order chi connectivity index (χ0) is 18.0. The van der Waals surface area contributed by atoms with Crippen LogP contribution in [0.2, 0.25) is 0 Å². The number of aryl methyl sites for hydroxylation is 2. The first kappa shape index (κ1) is 18.1. The highest BCUT2D eigenvalue weighted by Crippen LogP contribution is 2.30. The van der Waals surface area contributed by atoms with Gasteiger partial charge in [0, 0.05) is 12.7 Å². The lowest BCUT2D eigenvalue weighted by Crippen LogP contribution is -2.16. The van der Waals surface area contributed by atoms with Gasteiger partial charge in [0.05, 0.1) is 5.69 Å². The maximum absolute atomic E-state index is 14.1. The summed E-state index contributed by atoms with van der Waals surface area (Å²) in [7, 11) is 1.44. The number of carbonyl (C=O) groups is 1. The highest BCUT2D eigenvalue weighted by Gasteiger charge is 2.22. The molecule has 0 radical (unpaired) electrons. The molecule has 0 spiro atoms. The van der Waals surface area contributed by atoms with Gasteiger partial charge in [-0.15, -0.1) is 0 Å². The van der Waals surface area contributed by atoms with Crippen molar-refractivity contribution in [3.05, 3.63) is 46.8 Å². The molecule has 0 aliphatic rings. The number of anilines is 1. The SMILES string of the molecule is Cc1nn(C)c(F)c1C(=O)Nc1ccc(F)cc1C(C)CC(C)C. The number of nitrogens with one attached hydrogen (secondary N) is 1. The molecular formula is C18H23F2N3O. The summed E-state index contributed by atoms with van der Waals surface area (Å²) in [6.45, 7) is 7.73. The van der Waals surface area contributed by atoms with Gasteiger partial charge in [-0.05, 0) is 48.9 Å². The Morgan fingerprint density at radius 3 is 2.50 bits per heavy atom. The zero-order valence-electron chi connectivity index (χ0n) is 14.7. The van der Waals surface area contributed by atoms with E-state index in [1.807, 2.05) is 6.92 Å². The van der Waals surface area contributed by atoms with Crippen molar-refractivity contribution in [2.45, 2.75) is 40.0 Å². The molecule has 1 aromatic carbocycles. The van der Waals surface area contributed by atoms with Gasteiger partial charge in [-0.3, -0.25) is 4.79 Å². The number of halogens is 2. The van der Waals surface area contributed by atoms with Crippen LogP contribution in [0.1, 0.15) is 54.7 Å². The fraction of sp³-hybridized carbons (Fsp3) is 0.444. The van der Waals surface area contributed by atoms with Crippen molar-refractivity contribution in [2.24, 2.45) is 13.0 Å². The number of nitrogens with zero attached hydrogens (tertiary/aromatic N) is 2. The second-order valence-corrected chi connectivity index (χ2v) is 6.59. The van der Waals surface area contributed by atoms with Crippen LogP contribution in [0.15, 0.2) is 18.2 Å². The fourth-order valence-corrected chi connectivity index (χ4v) is 2.96. The molecule has 2 rings (SSSR count). The smallest absolute Gasteiger partial charge is 0.262 e. The molecule has 0 saturated carbocycles. The minimum atomic E-state index is -0.691. The molecule has 1 heterocycles. The van der Waals surface area contributed by atoms with E-state index in [4.69, 9.17) is 0 Å². The highest BCUT2D eigenvalue weighted by atomic mass is 19.1. The minimum Gasteiger partial charge on any atom is -0.322 e. The Balaban J connectivity index is 2.34. The first-order chi connectivity index (χ1) is 11.2. The van der Waals surface area contributed by atoms with Crippen LogP contribution in [0, 0.1) is 24.6 Å². The number of carbonyl (C=O) groups excluding carboxylic acids is 1. The van der Waals surface area contributed by atoms with E-state index in [2.05, 4.69) is 24.3 Å². The lowest BCUT2D eigenvalue weighted by Gasteiger charge is -2.19. The number of hydrogen-bond acceptors (Lipinski definition) is 2. The number of aromatic nitrogens is 2. The van der Waals surface area contributed by atoms with Crippen molar-refractivity contribution in [3.63, 3.8) is 0 Å². The topological polar surface area (TPSA) is 46.9 Å². The monoisotopic (exact) mass is 335 g/mol. The second-order valence-electron chi connectivity index (χ2n) is 6.59. The number of hydrogen-bond donors (Lipinski definition) is 1. The maximum atomic E-state index is 14.1. The van der Waals surface area contributed by atoms with E-state index in [0.717, 1.165) is 11.1 Å². The van der Waals surface area contributed by atoms with Crippen LogP contribution in [0.4, 0.5) is 14.5 Å². The van der Waals surface area contributed by atoms with Gasteiger partial charge in [0.2, 0.25) is 5.95 Å². The molecule has 2 aromatic rings. The Morgan fingerprint density at radius 2 is 1.96 bits per heavy atom. The predicted molar refractivity (Wildman–Crippen MR) is 90.1 cm³/mol. The van der Waals surface area contributed by atoms with Crippen LogP contribution >= 0.6 is 0 Å². The summed E-state index contributed by atoms with van der Waals surface area (Å²) in [4.78, 5) is 12.5. The van der Waals surface area contributed by atoms with Crippen molar-refractivity contribution < 1.29 is 13.6 Å². The highest BCUT2D eigenvalue weighted by molar-refractivity contribution is 6.05. The first-order valence-electron chi connectivity index (χ1n) is 8.00. The van der Waals surface area contributed by atoms with Gasteiger partial charge in [-0.1, -0.05) is 20.8 Å². The van der Waals surface area contributed by atoms with Crippen molar-refractivity contribution in [3.8, 4) is 0 Å². The van der Waals surface area contributed by atoms with E-state index in [-0.39, 0.29) is 17.3 Å². The standard InChI is InChI=1S/C18H23F2N3O/c1-10(2)8-11(3)14-9-13(19)6-7-15(14)21-18(24)16-12(4)22-23(5)17(16)20/h6-7,9-11H,8H2,1-5H3,(H,21,24). The second kappa shape index (κ2) is 7.11.